The van der Waals surface area contributed by atoms with Gasteiger partial charge in [-0.1, -0.05) is 439 Å². The third-order valence-electron chi connectivity index (χ3n) is 21.1. The number of hydrogen-bond donors (Lipinski definition) is 3. The molecule has 0 saturated carbocycles. The van der Waals surface area contributed by atoms with Gasteiger partial charge in [-0.15, -0.1) is 0 Å². The fraction of sp³-hybridized carbons (Fsp3) is 0.955. The fourth-order valence-electron chi connectivity index (χ4n) is 14.1. The first-order valence-corrected chi connectivity index (χ1v) is 49.3. The summed E-state index contributed by atoms with van der Waals surface area (Å²) >= 11 is 0. The molecule has 0 aliphatic carbocycles. The molecule has 0 rings (SSSR count). The van der Waals surface area contributed by atoms with Gasteiger partial charge in [0.25, 0.3) is 0 Å². The van der Waals surface area contributed by atoms with E-state index < -0.39 is 97.5 Å². The second kappa shape index (κ2) is 83.0. The number of phosphoric ester groups is 2. The Kier molecular flexibility index (Phi) is 81.5. The molecule has 0 radical (unpaired) electrons. The van der Waals surface area contributed by atoms with Gasteiger partial charge in [0.15, 0.2) is 12.2 Å². The average Bonchev–Trinajstić information content (AvgIpc) is 0.907. The maximum Gasteiger partial charge on any atom is 0.472 e. The zero-order chi connectivity index (χ0) is 78.9. The number of ether oxygens (including phenoxy) is 4. The van der Waals surface area contributed by atoms with Crippen LogP contribution in [0.3, 0.4) is 0 Å². The van der Waals surface area contributed by atoms with E-state index in [4.69, 9.17) is 37.0 Å². The van der Waals surface area contributed by atoms with E-state index >= 15 is 0 Å². The topological polar surface area (TPSA) is 237 Å². The summed E-state index contributed by atoms with van der Waals surface area (Å²) in [7, 11) is -9.93. The lowest BCUT2D eigenvalue weighted by Gasteiger charge is -2.21. The predicted octanol–water partition coefficient (Wildman–Crippen LogP) is 27.7. The predicted molar refractivity (Wildman–Crippen MR) is 446 cm³/mol. The number of phosphoric acid groups is 2. The Balaban J connectivity index is 5.24. The lowest BCUT2D eigenvalue weighted by Crippen LogP contribution is -2.30. The zero-order valence-electron chi connectivity index (χ0n) is 70.8. The van der Waals surface area contributed by atoms with E-state index in [0.29, 0.717) is 25.7 Å². The van der Waals surface area contributed by atoms with Crippen molar-refractivity contribution in [3.63, 3.8) is 0 Å². The van der Waals surface area contributed by atoms with Crippen LogP contribution in [0.1, 0.15) is 490 Å². The summed E-state index contributed by atoms with van der Waals surface area (Å²) in [5, 5.41) is 10.7. The molecule has 0 heterocycles. The summed E-state index contributed by atoms with van der Waals surface area (Å²) in [5.41, 5.74) is 0. The van der Waals surface area contributed by atoms with Crippen LogP contribution in [0.4, 0.5) is 0 Å². The number of esters is 4. The fourth-order valence-corrected chi connectivity index (χ4v) is 15.6. The molecular formula is C89H174O17P2. The molecular weight excluding hydrogens is 1400 g/mol. The summed E-state index contributed by atoms with van der Waals surface area (Å²) in [6.45, 7) is 5.08. The van der Waals surface area contributed by atoms with E-state index in [1.165, 1.54) is 321 Å². The molecule has 0 saturated heterocycles. The number of aliphatic hydroxyl groups is 1. The highest BCUT2D eigenvalue weighted by atomic mass is 31.2. The number of carbonyl (C=O) groups excluding carboxylic acids is 4. The number of hydrogen-bond acceptors (Lipinski definition) is 15. The maximum atomic E-state index is 13.2. The molecule has 2 unspecified atom stereocenters. The SMILES string of the molecule is CCCCCCCCCCCCCCCCCCCCCCCCC(=O)O[C@H](COC(=O)CCCCCCCCCCCCCCCCCCC)COP(=O)(O)OC[C@@H](O)COP(=O)(O)OC[C@@H](COC(=O)CCCCCCCCCCCCCCC)OC(=O)CCCCCCCCCCCCCCCCCC. The molecule has 0 amide bonds. The second-order valence-electron chi connectivity index (χ2n) is 32.0. The van der Waals surface area contributed by atoms with E-state index in [1.54, 1.807) is 0 Å². The Morgan fingerprint density at radius 2 is 0.370 bits per heavy atom. The third-order valence-corrected chi connectivity index (χ3v) is 23.0. The molecule has 3 N–H and O–H groups in total. The highest BCUT2D eigenvalue weighted by Crippen LogP contribution is 2.45. The van der Waals surface area contributed by atoms with Gasteiger partial charge in [-0.25, -0.2) is 9.13 Å². The number of carbonyl (C=O) groups is 4. The Morgan fingerprint density at radius 1 is 0.222 bits per heavy atom. The zero-order valence-corrected chi connectivity index (χ0v) is 72.6. The average molecular weight is 1580 g/mol. The molecule has 17 nitrogen and oxygen atoms in total. The molecule has 5 atom stereocenters. The smallest absolute Gasteiger partial charge is 0.462 e. The van der Waals surface area contributed by atoms with Gasteiger partial charge in [-0.05, 0) is 25.7 Å². The Bertz CT molecular complexity index is 2030. The van der Waals surface area contributed by atoms with Crippen molar-refractivity contribution in [1.82, 2.24) is 0 Å². The van der Waals surface area contributed by atoms with Gasteiger partial charge in [0.2, 0.25) is 0 Å². The van der Waals surface area contributed by atoms with Crippen molar-refractivity contribution in [2.45, 2.75) is 508 Å². The van der Waals surface area contributed by atoms with Crippen LogP contribution in [-0.2, 0) is 65.4 Å². The largest absolute Gasteiger partial charge is 0.472 e. The normalized spacial score (nSPS) is 13.7. The minimum atomic E-state index is -4.97. The van der Waals surface area contributed by atoms with Crippen molar-refractivity contribution in [2.75, 3.05) is 39.6 Å². The van der Waals surface area contributed by atoms with Gasteiger partial charge in [-0.2, -0.15) is 0 Å². The molecule has 108 heavy (non-hydrogen) atoms. The molecule has 0 aromatic rings. The lowest BCUT2D eigenvalue weighted by atomic mass is 10.0. The molecule has 0 aromatic carbocycles. The molecule has 0 fully saturated rings. The standard InChI is InChI=1S/C89H174O17P2/c1-5-9-13-17-21-25-29-33-36-39-40-41-42-43-45-48-52-56-60-64-68-72-76-89(94)106-85(80-100-87(92)74-70-66-62-58-54-50-47-44-37-34-30-26-22-18-14-10-6-2)82-104-108(97,98)102-78-83(90)77-101-107(95,96)103-81-84(79-99-86(91)73-69-65-61-57-53-49-32-28-24-20-16-12-8-4)105-88(93)75-71-67-63-59-55-51-46-38-35-31-27-23-19-15-11-7-3/h83-85,90H,5-82H2,1-4H3,(H,95,96)(H,97,98)/t83-,84+,85+/m0/s1. The van der Waals surface area contributed by atoms with Gasteiger partial charge in [0.1, 0.15) is 19.3 Å². The van der Waals surface area contributed by atoms with Crippen molar-refractivity contribution in [3.05, 3.63) is 0 Å². The highest BCUT2D eigenvalue weighted by molar-refractivity contribution is 7.47. The number of aliphatic hydroxyl groups excluding tert-OH is 1. The van der Waals surface area contributed by atoms with E-state index in [9.17, 15) is 43.2 Å². The van der Waals surface area contributed by atoms with Crippen molar-refractivity contribution in [3.8, 4) is 0 Å². The van der Waals surface area contributed by atoms with Crippen LogP contribution in [-0.4, -0.2) is 96.7 Å². The van der Waals surface area contributed by atoms with Crippen LogP contribution in [0, 0.1) is 0 Å². The maximum absolute atomic E-state index is 13.2. The van der Waals surface area contributed by atoms with Crippen LogP contribution < -0.4 is 0 Å². The van der Waals surface area contributed by atoms with E-state index in [0.717, 1.165) is 89.9 Å². The molecule has 0 bridgehead atoms. The molecule has 0 aromatic heterocycles. The van der Waals surface area contributed by atoms with E-state index in [2.05, 4.69) is 27.7 Å². The first-order valence-electron chi connectivity index (χ1n) is 46.3. The quantitative estimate of drug-likeness (QED) is 0.0222. The van der Waals surface area contributed by atoms with Crippen molar-refractivity contribution >= 4 is 39.5 Å². The third kappa shape index (κ3) is 82.1. The van der Waals surface area contributed by atoms with Crippen LogP contribution in [0.25, 0.3) is 0 Å². The first-order chi connectivity index (χ1) is 52.7. The van der Waals surface area contributed by atoms with E-state index in [1.807, 2.05) is 0 Å². The number of unbranched alkanes of at least 4 members (excludes halogenated alkanes) is 64. The van der Waals surface area contributed by atoms with Gasteiger partial charge in [0, 0.05) is 25.7 Å². The summed E-state index contributed by atoms with van der Waals surface area (Å²) in [6.07, 6.45) is 79.1. The Morgan fingerprint density at radius 3 is 0.546 bits per heavy atom. The van der Waals surface area contributed by atoms with Crippen LogP contribution in [0.5, 0.6) is 0 Å². The van der Waals surface area contributed by atoms with Crippen LogP contribution >= 0.6 is 15.6 Å². The van der Waals surface area contributed by atoms with Crippen molar-refractivity contribution in [1.29, 1.82) is 0 Å². The van der Waals surface area contributed by atoms with E-state index in [-0.39, 0.29) is 25.7 Å². The summed E-state index contributed by atoms with van der Waals surface area (Å²) < 4.78 is 69.0. The van der Waals surface area contributed by atoms with Gasteiger partial charge < -0.3 is 33.8 Å². The Labute approximate surface area is 664 Å². The molecule has 0 aliphatic rings. The molecule has 0 aliphatic heterocycles. The summed E-state index contributed by atoms with van der Waals surface area (Å²) in [6, 6.07) is 0. The van der Waals surface area contributed by atoms with Crippen molar-refractivity contribution in [2.24, 2.45) is 0 Å². The minimum absolute atomic E-state index is 0.110. The summed E-state index contributed by atoms with van der Waals surface area (Å²) in [5.74, 6) is -2.09. The first kappa shape index (κ1) is 106. The van der Waals surface area contributed by atoms with Gasteiger partial charge in [-0.3, -0.25) is 37.3 Å². The second-order valence-corrected chi connectivity index (χ2v) is 34.9. The Hall–Kier alpha value is -1.94. The lowest BCUT2D eigenvalue weighted by molar-refractivity contribution is -0.161. The summed E-state index contributed by atoms with van der Waals surface area (Å²) in [4.78, 5) is 73.4. The minimum Gasteiger partial charge on any atom is -0.462 e. The van der Waals surface area contributed by atoms with Gasteiger partial charge >= 0.3 is 39.5 Å². The molecule has 19 heteroatoms. The molecule has 642 valence electrons. The van der Waals surface area contributed by atoms with Crippen molar-refractivity contribution < 1.29 is 80.2 Å². The van der Waals surface area contributed by atoms with Crippen LogP contribution in [0.2, 0.25) is 0 Å². The highest BCUT2D eigenvalue weighted by Gasteiger charge is 2.30. The van der Waals surface area contributed by atoms with Crippen LogP contribution in [0.15, 0.2) is 0 Å². The molecule has 0 spiro atoms. The monoisotopic (exact) mass is 1580 g/mol. The van der Waals surface area contributed by atoms with Gasteiger partial charge in [0.05, 0.1) is 26.4 Å². The number of rotatable bonds is 90.